The molecule has 4 fully saturated rings. The molecular formula is C32H32N2O5. The summed E-state index contributed by atoms with van der Waals surface area (Å²) in [5.41, 5.74) is 1.52. The lowest BCUT2D eigenvalue weighted by molar-refractivity contribution is -0.345. The fourth-order valence-corrected chi connectivity index (χ4v) is 8.64. The first kappa shape index (κ1) is 23.5. The standard InChI is InChI=1S/C32H32N2O5/c35-23-12-11-22-17-24-32-14-13-31(37,27(39-32)28(36)33-18-20-7-3-1-4-8-20)29-30(32,25(22)26(23)38-29)15-16-34(24)19-21-9-5-2-6-10-21/h1-12,24,27,29,35,37H,13-19H2,(H,33,36)/t24?,27-,29?,30?,31?,32?/m1/s1. The van der Waals surface area contributed by atoms with Crippen molar-refractivity contribution in [1.29, 1.82) is 0 Å². The Kier molecular flexibility index (Phi) is 4.86. The summed E-state index contributed by atoms with van der Waals surface area (Å²) in [6.45, 7) is 1.96. The van der Waals surface area contributed by atoms with E-state index in [1.165, 1.54) is 5.56 Å². The van der Waals surface area contributed by atoms with Crippen LogP contribution in [0.5, 0.6) is 11.5 Å². The van der Waals surface area contributed by atoms with Gasteiger partial charge in [-0.25, -0.2) is 0 Å². The smallest absolute Gasteiger partial charge is 0.252 e. The predicted octanol–water partition coefficient (Wildman–Crippen LogP) is 3.20. The lowest BCUT2D eigenvalue weighted by Gasteiger charge is -2.71. The Balaban J connectivity index is 1.22. The summed E-state index contributed by atoms with van der Waals surface area (Å²) in [6.07, 6.45) is 0.780. The highest BCUT2D eigenvalue weighted by atomic mass is 16.6. The van der Waals surface area contributed by atoms with Crippen LogP contribution < -0.4 is 10.1 Å². The van der Waals surface area contributed by atoms with E-state index in [0.29, 0.717) is 25.1 Å². The number of phenols is 1. The Labute approximate surface area is 227 Å². The van der Waals surface area contributed by atoms with Gasteiger partial charge in [-0.05, 0) is 48.4 Å². The Morgan fingerprint density at radius 1 is 0.974 bits per heavy atom. The van der Waals surface area contributed by atoms with Crippen molar-refractivity contribution in [3.05, 3.63) is 95.1 Å². The third-order valence-electron chi connectivity index (χ3n) is 10.2. The van der Waals surface area contributed by atoms with Crippen molar-refractivity contribution in [1.82, 2.24) is 10.2 Å². The van der Waals surface area contributed by atoms with Crippen molar-refractivity contribution >= 4 is 5.91 Å². The molecule has 0 aromatic heterocycles. The average molecular weight is 525 g/mol. The molecule has 3 aromatic carbocycles. The number of piperidine rings is 1. The summed E-state index contributed by atoms with van der Waals surface area (Å²) in [5, 5.41) is 26.2. The first-order chi connectivity index (χ1) is 19.0. The lowest BCUT2D eigenvalue weighted by atomic mass is 9.44. The molecule has 1 saturated carbocycles. The molecule has 5 unspecified atom stereocenters. The van der Waals surface area contributed by atoms with Gasteiger partial charge in [0.05, 0.1) is 11.0 Å². The average Bonchev–Trinajstić information content (AvgIpc) is 3.34. The summed E-state index contributed by atoms with van der Waals surface area (Å²) in [6, 6.07) is 23.9. The van der Waals surface area contributed by atoms with E-state index in [4.69, 9.17) is 9.47 Å². The summed E-state index contributed by atoms with van der Waals surface area (Å²) in [4.78, 5) is 16.2. The van der Waals surface area contributed by atoms with Crippen LogP contribution in [0.25, 0.3) is 0 Å². The number of carbonyl (C=O) groups excluding carboxylic acids is 1. The number of nitrogens with zero attached hydrogens (tertiary/aromatic N) is 1. The molecule has 3 aromatic rings. The van der Waals surface area contributed by atoms with E-state index in [1.807, 2.05) is 42.5 Å². The fourth-order valence-electron chi connectivity index (χ4n) is 8.64. The third kappa shape index (κ3) is 2.95. The SMILES string of the molecule is O=C(NCc1ccccc1)[C@H]1OC23CCC1(O)C1Oc4c(O)ccc5c4C12CCN(Cc1ccccc1)C3C5. The first-order valence-corrected chi connectivity index (χ1v) is 14.0. The van der Waals surface area contributed by atoms with E-state index in [-0.39, 0.29) is 17.7 Å². The predicted molar refractivity (Wildman–Crippen MR) is 143 cm³/mol. The van der Waals surface area contributed by atoms with Gasteiger partial charge < -0.3 is 25.0 Å². The molecule has 4 aliphatic heterocycles. The number of fused-ring (bicyclic) bond motifs is 2. The second-order valence-corrected chi connectivity index (χ2v) is 11.9. The van der Waals surface area contributed by atoms with Gasteiger partial charge in [-0.3, -0.25) is 9.69 Å². The molecular weight excluding hydrogens is 492 g/mol. The number of carbonyl (C=O) groups is 1. The van der Waals surface area contributed by atoms with E-state index in [9.17, 15) is 15.0 Å². The number of nitrogens with one attached hydrogen (secondary N) is 1. The normalized spacial score (nSPS) is 35.3. The van der Waals surface area contributed by atoms with Crippen LogP contribution >= 0.6 is 0 Å². The van der Waals surface area contributed by atoms with Gasteiger partial charge in [0, 0.05) is 31.2 Å². The van der Waals surface area contributed by atoms with Gasteiger partial charge >= 0.3 is 0 Å². The van der Waals surface area contributed by atoms with Gasteiger partial charge in [0.1, 0.15) is 11.7 Å². The van der Waals surface area contributed by atoms with Crippen LogP contribution in [-0.4, -0.2) is 57.0 Å². The molecule has 6 aliphatic rings. The largest absolute Gasteiger partial charge is 0.504 e. The van der Waals surface area contributed by atoms with Crippen LogP contribution in [0.4, 0.5) is 0 Å². The molecule has 3 saturated heterocycles. The highest BCUT2D eigenvalue weighted by Crippen LogP contribution is 2.71. The summed E-state index contributed by atoms with van der Waals surface area (Å²) < 4.78 is 13.6. The molecule has 1 amide bonds. The van der Waals surface area contributed by atoms with Crippen LogP contribution in [0.1, 0.15) is 41.5 Å². The van der Waals surface area contributed by atoms with E-state index in [2.05, 4.69) is 34.5 Å². The topological polar surface area (TPSA) is 91.3 Å². The molecule has 4 bridgehead atoms. The minimum absolute atomic E-state index is 0.00909. The summed E-state index contributed by atoms with van der Waals surface area (Å²) in [5.74, 6) is 0.231. The summed E-state index contributed by atoms with van der Waals surface area (Å²) in [7, 11) is 0. The number of benzene rings is 3. The van der Waals surface area contributed by atoms with Crippen LogP contribution in [0, 0.1) is 0 Å². The zero-order chi connectivity index (χ0) is 26.4. The zero-order valence-corrected chi connectivity index (χ0v) is 21.7. The van der Waals surface area contributed by atoms with Gasteiger partial charge in [-0.2, -0.15) is 0 Å². The number of aliphatic hydroxyl groups is 1. The van der Waals surface area contributed by atoms with Crippen molar-refractivity contribution in [2.24, 2.45) is 0 Å². The van der Waals surface area contributed by atoms with E-state index >= 15 is 0 Å². The maximum absolute atomic E-state index is 13.7. The Morgan fingerprint density at radius 3 is 2.49 bits per heavy atom. The van der Waals surface area contributed by atoms with Gasteiger partial charge in [0.25, 0.3) is 5.91 Å². The fraction of sp³-hybridized carbons (Fsp3) is 0.406. The van der Waals surface area contributed by atoms with Crippen LogP contribution in [0.15, 0.2) is 72.8 Å². The molecule has 7 nitrogen and oxygen atoms in total. The molecule has 2 aliphatic carbocycles. The van der Waals surface area contributed by atoms with Crippen LogP contribution in [0.3, 0.4) is 0 Å². The number of ether oxygens (including phenoxy) is 2. The number of amides is 1. The van der Waals surface area contributed by atoms with E-state index < -0.39 is 28.8 Å². The lowest BCUT2D eigenvalue weighted by Crippen LogP contribution is -2.87. The molecule has 0 radical (unpaired) electrons. The third-order valence-corrected chi connectivity index (χ3v) is 10.2. The molecule has 3 N–H and O–H groups in total. The molecule has 39 heavy (non-hydrogen) atoms. The Hall–Kier alpha value is -3.39. The first-order valence-electron chi connectivity index (χ1n) is 14.0. The second kappa shape index (κ2) is 8.07. The molecule has 4 heterocycles. The van der Waals surface area contributed by atoms with Gasteiger partial charge in [0.15, 0.2) is 17.6 Å². The zero-order valence-electron chi connectivity index (χ0n) is 21.7. The number of hydrogen-bond acceptors (Lipinski definition) is 6. The Morgan fingerprint density at radius 2 is 1.72 bits per heavy atom. The Bertz CT molecular complexity index is 1460. The number of phenolic OH excluding ortho intramolecular Hbond substituents is 1. The number of aromatic hydroxyl groups is 1. The van der Waals surface area contributed by atoms with Crippen molar-refractivity contribution in [3.8, 4) is 11.5 Å². The van der Waals surface area contributed by atoms with Gasteiger partial charge in [0.2, 0.25) is 0 Å². The van der Waals surface area contributed by atoms with Crippen molar-refractivity contribution < 1.29 is 24.5 Å². The molecule has 2 spiro atoms. The summed E-state index contributed by atoms with van der Waals surface area (Å²) >= 11 is 0. The van der Waals surface area contributed by atoms with Crippen molar-refractivity contribution in [2.75, 3.05) is 6.54 Å². The highest BCUT2D eigenvalue weighted by Gasteiger charge is 2.82. The van der Waals surface area contributed by atoms with Gasteiger partial charge in [-0.1, -0.05) is 66.7 Å². The molecule has 7 heteroatoms. The maximum Gasteiger partial charge on any atom is 0.252 e. The minimum Gasteiger partial charge on any atom is -0.504 e. The van der Waals surface area contributed by atoms with Crippen molar-refractivity contribution in [3.63, 3.8) is 0 Å². The van der Waals surface area contributed by atoms with Gasteiger partial charge in [-0.15, -0.1) is 0 Å². The number of hydrogen-bond donors (Lipinski definition) is 3. The monoisotopic (exact) mass is 524 g/mol. The van der Waals surface area contributed by atoms with Crippen LogP contribution in [0.2, 0.25) is 0 Å². The van der Waals surface area contributed by atoms with E-state index in [0.717, 1.165) is 42.6 Å². The highest BCUT2D eigenvalue weighted by molar-refractivity contribution is 5.83. The maximum atomic E-state index is 13.7. The van der Waals surface area contributed by atoms with Crippen molar-refractivity contribution in [2.45, 2.75) is 73.6 Å². The minimum atomic E-state index is -1.51. The quantitative estimate of drug-likeness (QED) is 0.475. The number of likely N-dealkylation sites (tertiary alicyclic amines) is 1. The molecule has 6 atom stereocenters. The molecule has 200 valence electrons. The van der Waals surface area contributed by atoms with Crippen LogP contribution in [-0.2, 0) is 34.5 Å². The second-order valence-electron chi connectivity index (χ2n) is 11.9. The van der Waals surface area contributed by atoms with E-state index in [1.54, 1.807) is 6.07 Å². The number of rotatable bonds is 5. The molecule has 9 rings (SSSR count).